The highest BCUT2D eigenvalue weighted by Gasteiger charge is 2.16. The Kier molecular flexibility index (Phi) is 6.74. The first-order valence-corrected chi connectivity index (χ1v) is 8.01. The van der Waals surface area contributed by atoms with Gasteiger partial charge in [0.05, 0.1) is 24.3 Å². The molecule has 28 heavy (non-hydrogen) atoms. The topological polar surface area (TPSA) is 123 Å². The predicted molar refractivity (Wildman–Crippen MR) is 98.7 cm³/mol. The van der Waals surface area contributed by atoms with Crippen LogP contribution in [0.25, 0.3) is 0 Å². The van der Waals surface area contributed by atoms with Crippen LogP contribution in [0.1, 0.15) is 22.8 Å². The molecule has 2 N–H and O–H groups in total. The molecule has 2 aromatic carbocycles. The number of methoxy groups -OCH3 is 1. The minimum atomic E-state index is -0.618. The van der Waals surface area contributed by atoms with Gasteiger partial charge in [0.15, 0.2) is 5.75 Å². The number of nitro groups is 1. The second-order valence-electron chi connectivity index (χ2n) is 5.57. The second kappa shape index (κ2) is 9.21. The molecule has 0 heterocycles. The summed E-state index contributed by atoms with van der Waals surface area (Å²) in [6, 6.07) is 9.30. The van der Waals surface area contributed by atoms with E-state index in [1.54, 1.807) is 13.0 Å². The summed E-state index contributed by atoms with van der Waals surface area (Å²) in [5.74, 6) is -1.69. The van der Waals surface area contributed by atoms with Gasteiger partial charge < -0.3 is 10.1 Å². The SMILES string of the molecule is COc1ccc(C(C)=NNC(=O)CNC(=O)c2cccc(F)c2)cc1[N+](=O)[O-]. The number of ether oxygens (including phenoxy) is 1. The first-order valence-electron chi connectivity index (χ1n) is 8.01. The Morgan fingerprint density at radius 3 is 2.61 bits per heavy atom. The lowest BCUT2D eigenvalue weighted by Crippen LogP contribution is -2.35. The van der Waals surface area contributed by atoms with Crippen LogP contribution in [0.2, 0.25) is 0 Å². The van der Waals surface area contributed by atoms with Crippen molar-refractivity contribution in [2.24, 2.45) is 5.10 Å². The number of hydrogen-bond acceptors (Lipinski definition) is 6. The van der Waals surface area contributed by atoms with E-state index in [0.717, 1.165) is 6.07 Å². The van der Waals surface area contributed by atoms with Gasteiger partial charge in [0.2, 0.25) is 0 Å². The van der Waals surface area contributed by atoms with Crippen molar-refractivity contribution in [3.63, 3.8) is 0 Å². The summed E-state index contributed by atoms with van der Waals surface area (Å²) in [5.41, 5.74) is 2.81. The number of nitrogens with one attached hydrogen (secondary N) is 2. The quantitative estimate of drug-likeness (QED) is 0.427. The molecule has 10 heteroatoms. The third-order valence-corrected chi connectivity index (χ3v) is 3.64. The summed E-state index contributed by atoms with van der Waals surface area (Å²) in [6.45, 7) is 1.17. The Hall–Kier alpha value is -3.82. The minimum Gasteiger partial charge on any atom is -0.490 e. The number of hydrogen-bond donors (Lipinski definition) is 2. The van der Waals surface area contributed by atoms with Gasteiger partial charge >= 0.3 is 5.69 Å². The van der Waals surface area contributed by atoms with E-state index < -0.39 is 22.6 Å². The fraction of sp³-hybridized carbons (Fsp3) is 0.167. The van der Waals surface area contributed by atoms with Crippen molar-refractivity contribution < 1.29 is 23.6 Å². The molecule has 0 saturated heterocycles. The van der Waals surface area contributed by atoms with Gasteiger partial charge in [0.25, 0.3) is 11.8 Å². The monoisotopic (exact) mass is 388 g/mol. The molecule has 0 saturated carbocycles. The molecular formula is C18H17FN4O5. The number of halogens is 1. The fourth-order valence-corrected chi connectivity index (χ4v) is 2.20. The van der Waals surface area contributed by atoms with Gasteiger partial charge in [-0.1, -0.05) is 6.07 Å². The van der Waals surface area contributed by atoms with Crippen LogP contribution in [0.15, 0.2) is 47.6 Å². The fourth-order valence-electron chi connectivity index (χ4n) is 2.20. The molecule has 2 aromatic rings. The van der Waals surface area contributed by atoms with E-state index in [0.29, 0.717) is 11.3 Å². The number of nitrogens with zero attached hydrogens (tertiary/aromatic N) is 2. The van der Waals surface area contributed by atoms with E-state index in [-0.39, 0.29) is 23.5 Å². The van der Waals surface area contributed by atoms with Gasteiger partial charge in [0.1, 0.15) is 5.82 Å². The summed E-state index contributed by atoms with van der Waals surface area (Å²) in [4.78, 5) is 34.1. The molecule has 0 aliphatic heterocycles. The van der Waals surface area contributed by atoms with E-state index in [2.05, 4.69) is 15.8 Å². The number of hydrazone groups is 1. The van der Waals surface area contributed by atoms with Crippen molar-refractivity contribution in [1.29, 1.82) is 0 Å². The van der Waals surface area contributed by atoms with Crippen LogP contribution < -0.4 is 15.5 Å². The molecule has 0 atom stereocenters. The summed E-state index contributed by atoms with van der Waals surface area (Å²) >= 11 is 0. The number of amides is 2. The van der Waals surface area contributed by atoms with Crippen molar-refractivity contribution in [3.05, 3.63) is 69.5 Å². The summed E-state index contributed by atoms with van der Waals surface area (Å²) in [5, 5.41) is 17.3. The highest BCUT2D eigenvalue weighted by Crippen LogP contribution is 2.27. The maximum absolute atomic E-state index is 13.1. The number of carbonyl (C=O) groups is 2. The van der Waals surface area contributed by atoms with E-state index in [4.69, 9.17) is 4.74 Å². The van der Waals surface area contributed by atoms with Crippen LogP contribution in [0, 0.1) is 15.9 Å². The predicted octanol–water partition coefficient (Wildman–Crippen LogP) is 2.01. The maximum atomic E-state index is 13.1. The molecule has 2 rings (SSSR count). The van der Waals surface area contributed by atoms with E-state index in [1.807, 2.05) is 0 Å². The summed E-state index contributed by atoms with van der Waals surface area (Å²) < 4.78 is 18.0. The first-order chi connectivity index (χ1) is 13.3. The zero-order valence-corrected chi connectivity index (χ0v) is 15.1. The molecule has 0 fully saturated rings. The van der Waals surface area contributed by atoms with Crippen molar-refractivity contribution in [2.45, 2.75) is 6.92 Å². The van der Waals surface area contributed by atoms with Crippen LogP contribution in [0.3, 0.4) is 0 Å². The molecule has 0 spiro atoms. The Bertz CT molecular complexity index is 945. The lowest BCUT2D eigenvalue weighted by molar-refractivity contribution is -0.385. The third-order valence-electron chi connectivity index (χ3n) is 3.64. The van der Waals surface area contributed by atoms with Crippen molar-refractivity contribution >= 4 is 23.2 Å². The molecule has 0 aliphatic rings. The molecule has 2 amide bonds. The van der Waals surface area contributed by atoms with Crippen LogP contribution in [-0.2, 0) is 4.79 Å². The number of nitro benzene ring substituents is 1. The third kappa shape index (κ3) is 5.34. The van der Waals surface area contributed by atoms with Crippen LogP contribution in [-0.4, -0.2) is 36.1 Å². The zero-order valence-electron chi connectivity index (χ0n) is 15.1. The van der Waals surface area contributed by atoms with Crippen molar-refractivity contribution in [3.8, 4) is 5.75 Å². The molecule has 9 nitrogen and oxygen atoms in total. The van der Waals surface area contributed by atoms with Crippen LogP contribution >= 0.6 is 0 Å². The smallest absolute Gasteiger partial charge is 0.311 e. The van der Waals surface area contributed by atoms with Crippen molar-refractivity contribution in [2.75, 3.05) is 13.7 Å². The molecule has 0 unspecified atom stereocenters. The van der Waals surface area contributed by atoms with E-state index in [1.165, 1.54) is 37.4 Å². The Balaban J connectivity index is 1.97. The lowest BCUT2D eigenvalue weighted by Gasteiger charge is -2.06. The first kappa shape index (κ1) is 20.5. The number of benzene rings is 2. The zero-order chi connectivity index (χ0) is 20.7. The van der Waals surface area contributed by atoms with E-state index in [9.17, 15) is 24.1 Å². The standard InChI is InChI=1S/C18H17FN4O5/c1-11(12-6-7-16(28-2)15(9-12)23(26)27)21-22-17(24)10-20-18(25)13-4-3-5-14(19)8-13/h3-9H,10H2,1-2H3,(H,20,25)(H,22,24). The largest absolute Gasteiger partial charge is 0.490 e. The van der Waals surface area contributed by atoms with Gasteiger partial charge in [-0.3, -0.25) is 19.7 Å². The molecule has 0 bridgehead atoms. The molecule has 0 radical (unpaired) electrons. The molecular weight excluding hydrogens is 371 g/mol. The second-order valence-corrected chi connectivity index (χ2v) is 5.57. The normalized spacial score (nSPS) is 10.9. The highest BCUT2D eigenvalue weighted by atomic mass is 19.1. The van der Waals surface area contributed by atoms with E-state index >= 15 is 0 Å². The van der Waals surface area contributed by atoms with Gasteiger partial charge in [-0.15, -0.1) is 0 Å². The Morgan fingerprint density at radius 1 is 1.21 bits per heavy atom. The summed E-state index contributed by atoms with van der Waals surface area (Å²) in [7, 11) is 1.32. The number of carbonyl (C=O) groups excluding carboxylic acids is 2. The maximum Gasteiger partial charge on any atom is 0.311 e. The number of rotatable bonds is 7. The molecule has 0 aromatic heterocycles. The highest BCUT2D eigenvalue weighted by molar-refractivity contribution is 6.00. The van der Waals surface area contributed by atoms with Crippen LogP contribution in [0.4, 0.5) is 10.1 Å². The van der Waals surface area contributed by atoms with Gasteiger partial charge in [0, 0.05) is 17.2 Å². The van der Waals surface area contributed by atoms with Gasteiger partial charge in [-0.25, -0.2) is 9.82 Å². The van der Waals surface area contributed by atoms with Gasteiger partial charge in [-0.05, 0) is 37.3 Å². The lowest BCUT2D eigenvalue weighted by atomic mass is 10.1. The Labute approximate surface area is 159 Å². The average molecular weight is 388 g/mol. The Morgan fingerprint density at radius 2 is 1.96 bits per heavy atom. The molecule has 146 valence electrons. The average Bonchev–Trinajstić information content (AvgIpc) is 2.69. The summed E-state index contributed by atoms with van der Waals surface area (Å²) in [6.07, 6.45) is 0. The van der Waals surface area contributed by atoms with Gasteiger partial charge in [-0.2, -0.15) is 5.10 Å². The van der Waals surface area contributed by atoms with Crippen LogP contribution in [0.5, 0.6) is 5.75 Å². The minimum absolute atomic E-state index is 0.0815. The molecule has 0 aliphatic carbocycles. The van der Waals surface area contributed by atoms with Crippen molar-refractivity contribution in [1.82, 2.24) is 10.7 Å².